The summed E-state index contributed by atoms with van der Waals surface area (Å²) in [6.45, 7) is 1.81. The van der Waals surface area contributed by atoms with Crippen molar-refractivity contribution >= 4 is 34.6 Å². The molecule has 1 spiro atoms. The van der Waals surface area contributed by atoms with E-state index < -0.39 is 23.5 Å². The van der Waals surface area contributed by atoms with Crippen molar-refractivity contribution in [3.8, 4) is 5.75 Å². The molecule has 0 radical (unpaired) electrons. The molecular formula is C25H31NO6S. The molecule has 2 N–H and O–H groups in total. The topological polar surface area (TPSA) is 106 Å². The predicted octanol–water partition coefficient (Wildman–Crippen LogP) is 3.99. The largest absolute Gasteiger partial charge is 0.487 e. The van der Waals surface area contributed by atoms with Crippen LogP contribution in [0.2, 0.25) is 0 Å². The summed E-state index contributed by atoms with van der Waals surface area (Å²) in [4.78, 5) is 36.7. The number of benzene rings is 1. The van der Waals surface area contributed by atoms with Crippen molar-refractivity contribution in [3.05, 3.63) is 39.2 Å². The number of nitrogens with one attached hydrogen (secondary N) is 1. The molecule has 33 heavy (non-hydrogen) atoms. The average Bonchev–Trinajstić information content (AvgIpc) is 2.79. The fourth-order valence-corrected chi connectivity index (χ4v) is 5.52. The Morgan fingerprint density at radius 1 is 1.21 bits per heavy atom. The summed E-state index contributed by atoms with van der Waals surface area (Å²) in [7, 11) is 0. The van der Waals surface area contributed by atoms with Gasteiger partial charge >= 0.3 is 11.6 Å². The van der Waals surface area contributed by atoms with Gasteiger partial charge in [0.25, 0.3) is 0 Å². The minimum atomic E-state index is -1.08. The molecule has 8 heteroatoms. The molecule has 0 saturated heterocycles. The molecule has 2 heterocycles. The van der Waals surface area contributed by atoms with Gasteiger partial charge < -0.3 is 19.6 Å². The highest BCUT2D eigenvalue weighted by Crippen LogP contribution is 2.43. The number of thioether (sulfide) groups is 1. The van der Waals surface area contributed by atoms with Crippen LogP contribution >= 0.6 is 11.8 Å². The van der Waals surface area contributed by atoms with Gasteiger partial charge in [0.15, 0.2) is 0 Å². The van der Waals surface area contributed by atoms with Gasteiger partial charge in [-0.1, -0.05) is 6.42 Å². The number of aliphatic carboxylic acids is 1. The molecule has 2 aromatic rings. The van der Waals surface area contributed by atoms with Gasteiger partial charge in [0.1, 0.15) is 23.0 Å². The van der Waals surface area contributed by atoms with E-state index in [1.807, 2.05) is 25.3 Å². The van der Waals surface area contributed by atoms with Gasteiger partial charge in [-0.25, -0.2) is 9.59 Å². The van der Waals surface area contributed by atoms with Gasteiger partial charge in [0.2, 0.25) is 5.91 Å². The summed E-state index contributed by atoms with van der Waals surface area (Å²) >= 11 is 1.51. The van der Waals surface area contributed by atoms with Crippen molar-refractivity contribution in [2.45, 2.75) is 76.4 Å². The number of amides is 1. The zero-order chi connectivity index (χ0) is 23.6. The van der Waals surface area contributed by atoms with Gasteiger partial charge in [-0.05, 0) is 81.1 Å². The molecule has 1 aliphatic heterocycles. The zero-order valence-corrected chi connectivity index (χ0v) is 20.0. The van der Waals surface area contributed by atoms with Gasteiger partial charge in [-0.3, -0.25) is 4.79 Å². The Bertz CT molecular complexity index is 1120. The third-order valence-electron chi connectivity index (χ3n) is 6.99. The molecule has 0 unspecified atom stereocenters. The number of ether oxygens (including phenoxy) is 1. The first-order valence-corrected chi connectivity index (χ1v) is 13.0. The number of carboxylic acid groups (broad SMARTS) is 1. The van der Waals surface area contributed by atoms with Crippen molar-refractivity contribution in [2.75, 3.05) is 12.0 Å². The minimum Gasteiger partial charge on any atom is -0.487 e. The summed E-state index contributed by atoms with van der Waals surface area (Å²) in [5.41, 5.74) is 1.83. The number of carbonyl (C=O) groups excluding carboxylic acids is 1. The van der Waals surface area contributed by atoms with Crippen LogP contribution in [0.15, 0.2) is 21.3 Å². The van der Waals surface area contributed by atoms with Gasteiger partial charge in [0, 0.05) is 11.5 Å². The van der Waals surface area contributed by atoms with Crippen LogP contribution in [0.3, 0.4) is 0 Å². The molecule has 0 bridgehead atoms. The quantitative estimate of drug-likeness (QED) is 0.586. The van der Waals surface area contributed by atoms with Crippen molar-refractivity contribution < 1.29 is 23.8 Å². The van der Waals surface area contributed by atoms with E-state index in [0.717, 1.165) is 42.4 Å². The normalized spacial score (nSPS) is 17.9. The van der Waals surface area contributed by atoms with Crippen LogP contribution in [-0.4, -0.2) is 40.6 Å². The van der Waals surface area contributed by atoms with Crippen molar-refractivity contribution in [2.24, 2.45) is 0 Å². The maximum Gasteiger partial charge on any atom is 0.340 e. The Labute approximate surface area is 197 Å². The van der Waals surface area contributed by atoms with Crippen LogP contribution in [0.4, 0.5) is 0 Å². The summed E-state index contributed by atoms with van der Waals surface area (Å²) in [5, 5.41) is 12.7. The van der Waals surface area contributed by atoms with Crippen molar-refractivity contribution in [1.82, 2.24) is 5.32 Å². The molecule has 2 aliphatic rings. The number of fused-ring (bicyclic) bond motifs is 2. The Kier molecular flexibility index (Phi) is 7.02. The molecule has 1 fully saturated rings. The summed E-state index contributed by atoms with van der Waals surface area (Å²) in [5.74, 6) is -0.175. The van der Waals surface area contributed by atoms with E-state index in [-0.39, 0.29) is 17.6 Å². The predicted molar refractivity (Wildman–Crippen MR) is 128 cm³/mol. The fraction of sp³-hybridized carbons (Fsp3) is 0.560. The number of carbonyl (C=O) groups is 2. The van der Waals surface area contributed by atoms with Crippen molar-refractivity contribution in [1.29, 1.82) is 0 Å². The van der Waals surface area contributed by atoms with Gasteiger partial charge in [-0.15, -0.1) is 0 Å². The molecule has 1 aromatic carbocycles. The van der Waals surface area contributed by atoms with E-state index >= 15 is 0 Å². The second-order valence-electron chi connectivity index (χ2n) is 9.21. The van der Waals surface area contributed by atoms with Gasteiger partial charge in [-0.2, -0.15) is 11.8 Å². The van der Waals surface area contributed by atoms with Crippen molar-refractivity contribution in [3.63, 3.8) is 0 Å². The van der Waals surface area contributed by atoms with Crippen LogP contribution in [0, 0.1) is 6.92 Å². The molecule has 1 saturated carbocycles. The molecule has 1 aliphatic carbocycles. The minimum absolute atomic E-state index is 0.0940. The zero-order valence-electron chi connectivity index (χ0n) is 19.2. The van der Waals surface area contributed by atoms with E-state index in [4.69, 9.17) is 9.15 Å². The Balaban J connectivity index is 1.58. The summed E-state index contributed by atoms with van der Waals surface area (Å²) in [6.07, 6.45) is 9.63. The Morgan fingerprint density at radius 2 is 1.97 bits per heavy atom. The van der Waals surface area contributed by atoms with E-state index in [1.165, 1.54) is 31.0 Å². The first-order chi connectivity index (χ1) is 15.8. The lowest BCUT2D eigenvalue weighted by molar-refractivity contribution is -0.141. The maximum atomic E-state index is 12.7. The molecule has 7 nitrogen and oxygen atoms in total. The smallest absolute Gasteiger partial charge is 0.340 e. The highest BCUT2D eigenvalue weighted by Gasteiger charge is 2.37. The number of rotatable bonds is 7. The number of hydrogen-bond acceptors (Lipinski definition) is 6. The first-order valence-electron chi connectivity index (χ1n) is 11.6. The van der Waals surface area contributed by atoms with E-state index in [0.29, 0.717) is 23.3 Å². The summed E-state index contributed by atoms with van der Waals surface area (Å²) < 4.78 is 12.1. The number of aryl methyl sites for hydroxylation is 2. The standard InChI is InChI=1S/C25H31NO6S/c1-15-17-12-16-6-10-25(8-4-3-5-9-25)32-20(16)14-21(17)31-24(30)18(15)13-22(27)26-19(23(28)29)7-11-33-2/h12,14,19H,3-11,13H2,1-2H3,(H,26,27)(H,28,29)/t19-/m1/s1. The van der Waals surface area contributed by atoms with Crippen LogP contribution in [-0.2, 0) is 22.4 Å². The Hall–Kier alpha value is -2.48. The van der Waals surface area contributed by atoms with Crippen LogP contribution in [0.5, 0.6) is 5.75 Å². The molecule has 178 valence electrons. The SMILES string of the molecule is CSCC[C@@H](NC(=O)Cc1c(C)c2cc3c(cc2oc1=O)OC1(CCCCC1)CC3)C(=O)O. The first kappa shape index (κ1) is 23.7. The Morgan fingerprint density at radius 3 is 2.67 bits per heavy atom. The highest BCUT2D eigenvalue weighted by molar-refractivity contribution is 7.98. The molecule has 1 aromatic heterocycles. The van der Waals surface area contributed by atoms with Gasteiger partial charge in [0.05, 0.1) is 12.0 Å². The third kappa shape index (κ3) is 5.05. The van der Waals surface area contributed by atoms with E-state index in [9.17, 15) is 19.5 Å². The summed E-state index contributed by atoms with van der Waals surface area (Å²) in [6, 6.07) is 2.86. The second kappa shape index (κ2) is 9.79. The monoisotopic (exact) mass is 473 g/mol. The number of carboxylic acids is 1. The maximum absolute atomic E-state index is 12.7. The lowest BCUT2D eigenvalue weighted by Gasteiger charge is -2.41. The van der Waals surface area contributed by atoms with E-state index in [1.54, 1.807) is 0 Å². The number of hydrogen-bond donors (Lipinski definition) is 2. The van der Waals surface area contributed by atoms with Crippen LogP contribution < -0.4 is 15.7 Å². The lowest BCUT2D eigenvalue weighted by atomic mass is 9.79. The van der Waals surface area contributed by atoms with E-state index in [2.05, 4.69) is 5.32 Å². The van der Waals surface area contributed by atoms with Crippen LogP contribution in [0.25, 0.3) is 11.0 Å². The second-order valence-corrected chi connectivity index (χ2v) is 10.2. The molecule has 4 rings (SSSR count). The molecule has 1 atom stereocenters. The lowest BCUT2D eigenvalue weighted by Crippen LogP contribution is -2.42. The highest BCUT2D eigenvalue weighted by atomic mass is 32.2. The molecular weight excluding hydrogens is 442 g/mol. The average molecular weight is 474 g/mol. The fourth-order valence-electron chi connectivity index (χ4n) is 5.05. The molecule has 1 amide bonds. The third-order valence-corrected chi connectivity index (χ3v) is 7.63. The van der Waals surface area contributed by atoms with Crippen LogP contribution in [0.1, 0.15) is 61.6 Å².